The first-order valence-electron chi connectivity index (χ1n) is 16.0. The minimum absolute atomic E-state index is 0.881. The topological polar surface area (TPSA) is 22.0 Å². The van der Waals surface area contributed by atoms with Crippen LogP contribution in [0, 0.1) is 0 Å². The van der Waals surface area contributed by atoms with E-state index in [4.69, 9.17) is 0 Å². The van der Waals surface area contributed by atoms with Crippen LogP contribution in [0.4, 0.5) is 0 Å². The van der Waals surface area contributed by atoms with Crippen LogP contribution in [0.15, 0.2) is 170 Å². The van der Waals surface area contributed by atoms with E-state index in [2.05, 4.69) is 132 Å². The van der Waals surface area contributed by atoms with Crippen LogP contribution < -0.4 is 15.9 Å². The van der Waals surface area contributed by atoms with Crippen LogP contribution in [0.2, 0.25) is 0 Å². The van der Waals surface area contributed by atoms with Crippen molar-refractivity contribution in [3.05, 3.63) is 170 Å². The molecule has 0 fully saturated rings. The van der Waals surface area contributed by atoms with Gasteiger partial charge in [0.05, 0.1) is 11.0 Å². The van der Waals surface area contributed by atoms with Crippen molar-refractivity contribution in [2.75, 3.05) is 0 Å². The number of nitrogens with zero attached hydrogens (tertiary/aromatic N) is 1. The van der Waals surface area contributed by atoms with E-state index in [-0.39, 0.29) is 0 Å². The van der Waals surface area contributed by atoms with Crippen LogP contribution in [-0.2, 0) is 4.57 Å². The van der Waals surface area contributed by atoms with Gasteiger partial charge in [0.1, 0.15) is 0 Å². The number of hydrogen-bond acceptors (Lipinski definition) is 1. The van der Waals surface area contributed by atoms with E-state index < -0.39 is 7.14 Å². The molecule has 0 saturated carbocycles. The number of benzene rings is 8. The molecule has 0 aliphatic carbocycles. The highest BCUT2D eigenvalue weighted by Gasteiger charge is 2.40. The molecule has 3 heteroatoms. The fourth-order valence-corrected chi connectivity index (χ4v) is 10.8. The molecule has 9 aromatic rings. The summed E-state index contributed by atoms with van der Waals surface area (Å²) < 4.78 is 17.6. The van der Waals surface area contributed by atoms with Gasteiger partial charge in [0.15, 0.2) is 7.14 Å². The van der Waals surface area contributed by atoms with Crippen LogP contribution >= 0.6 is 7.14 Å². The second kappa shape index (κ2) is 9.90. The molecule has 1 aliphatic rings. The molecular formula is C44H28NOP. The largest absolute Gasteiger partial charge is 0.309 e. The molecule has 1 unspecified atom stereocenters. The van der Waals surface area contributed by atoms with Crippen molar-refractivity contribution >= 4 is 66.4 Å². The van der Waals surface area contributed by atoms with Crippen molar-refractivity contribution in [3.63, 3.8) is 0 Å². The van der Waals surface area contributed by atoms with Crippen molar-refractivity contribution in [2.24, 2.45) is 0 Å². The van der Waals surface area contributed by atoms with Crippen LogP contribution in [0.5, 0.6) is 0 Å². The smallest absolute Gasteiger partial charge is 0.172 e. The predicted octanol–water partition coefficient (Wildman–Crippen LogP) is 10.4. The highest BCUT2D eigenvalue weighted by atomic mass is 31.2. The summed E-state index contributed by atoms with van der Waals surface area (Å²) in [5.41, 5.74) is 7.86. The normalized spacial score (nSPS) is 15.4. The average Bonchev–Trinajstić information content (AvgIpc) is 3.59. The lowest BCUT2D eigenvalue weighted by molar-refractivity contribution is 0.593. The van der Waals surface area contributed by atoms with E-state index in [9.17, 15) is 0 Å². The molecular weight excluding hydrogens is 589 g/mol. The van der Waals surface area contributed by atoms with E-state index in [0.29, 0.717) is 0 Å². The Bertz CT molecular complexity index is 2760. The Hall–Kier alpha value is -5.69. The van der Waals surface area contributed by atoms with E-state index >= 15 is 4.57 Å². The minimum Gasteiger partial charge on any atom is -0.309 e. The number of aromatic nitrogens is 1. The Morgan fingerprint density at radius 1 is 0.404 bits per heavy atom. The van der Waals surface area contributed by atoms with Gasteiger partial charge in [0, 0.05) is 32.4 Å². The molecule has 1 aromatic heterocycles. The van der Waals surface area contributed by atoms with Gasteiger partial charge in [-0.15, -0.1) is 0 Å². The van der Waals surface area contributed by atoms with Crippen molar-refractivity contribution in [2.45, 2.75) is 0 Å². The fraction of sp³-hybridized carbons (Fsp3) is 0. The summed E-state index contributed by atoms with van der Waals surface area (Å²) in [7, 11) is -3.03. The SMILES string of the molecule is O=P1(c2ccccc2)c2ccccc2-c2cc3c(cc21)c1ccccc1n3-c1ccc(-c2ccc3cc4ccccc4cc3c2)cc1. The van der Waals surface area contributed by atoms with Gasteiger partial charge in [-0.05, 0) is 92.3 Å². The second-order valence-corrected chi connectivity index (χ2v) is 15.2. The summed E-state index contributed by atoms with van der Waals surface area (Å²) in [6.07, 6.45) is 0. The molecule has 0 bridgehead atoms. The maximum Gasteiger partial charge on any atom is 0.172 e. The van der Waals surface area contributed by atoms with Crippen molar-refractivity contribution in [3.8, 4) is 27.9 Å². The van der Waals surface area contributed by atoms with Gasteiger partial charge in [0.2, 0.25) is 0 Å². The van der Waals surface area contributed by atoms with E-state index in [1.165, 1.54) is 32.7 Å². The molecule has 10 rings (SSSR count). The molecule has 1 atom stereocenters. The molecule has 0 N–H and O–H groups in total. The van der Waals surface area contributed by atoms with Crippen LogP contribution in [0.3, 0.4) is 0 Å². The van der Waals surface area contributed by atoms with Crippen molar-refractivity contribution in [1.82, 2.24) is 4.57 Å². The fourth-order valence-electron chi connectivity index (χ4n) is 7.70. The van der Waals surface area contributed by atoms with Gasteiger partial charge in [0.25, 0.3) is 0 Å². The molecule has 8 aromatic carbocycles. The number of rotatable bonds is 3. The predicted molar refractivity (Wildman–Crippen MR) is 200 cm³/mol. The highest BCUT2D eigenvalue weighted by molar-refractivity contribution is 7.86. The summed E-state index contributed by atoms with van der Waals surface area (Å²) in [5, 5.41) is 10.0. The van der Waals surface area contributed by atoms with Crippen LogP contribution in [0.1, 0.15) is 0 Å². The molecule has 47 heavy (non-hydrogen) atoms. The number of hydrogen-bond donors (Lipinski definition) is 0. The second-order valence-electron chi connectivity index (χ2n) is 12.5. The Kier molecular flexibility index (Phi) is 5.59. The molecule has 1 aliphatic heterocycles. The Morgan fingerprint density at radius 3 is 1.89 bits per heavy atom. The minimum atomic E-state index is -3.03. The summed E-state index contributed by atoms with van der Waals surface area (Å²) in [6, 6.07) is 60.0. The lowest BCUT2D eigenvalue weighted by Gasteiger charge is -2.16. The zero-order valence-corrected chi connectivity index (χ0v) is 26.4. The van der Waals surface area contributed by atoms with Gasteiger partial charge in [-0.2, -0.15) is 0 Å². The summed E-state index contributed by atoms with van der Waals surface area (Å²) in [6.45, 7) is 0. The molecule has 0 spiro atoms. The number of fused-ring (bicyclic) bond motifs is 8. The molecule has 0 radical (unpaired) electrons. The summed E-state index contributed by atoms with van der Waals surface area (Å²) in [5.74, 6) is 0. The zero-order valence-electron chi connectivity index (χ0n) is 25.5. The molecule has 2 heterocycles. The maximum atomic E-state index is 15.2. The van der Waals surface area contributed by atoms with Crippen LogP contribution in [0.25, 0.3) is 71.3 Å². The summed E-state index contributed by atoms with van der Waals surface area (Å²) in [4.78, 5) is 0. The molecule has 220 valence electrons. The standard InChI is InChI=1S/C44H28NOP/c46-47(36-12-2-1-3-13-36)43-17-9-7-15-38(43)40-27-42-39(28-44(40)47)37-14-6-8-16-41(37)45(42)35-22-20-29(21-23-35)32-18-19-33-24-30-10-4-5-11-31(30)25-34(33)26-32/h1-28H. The first-order valence-corrected chi connectivity index (χ1v) is 17.7. The Labute approximate surface area is 272 Å². The van der Waals surface area contributed by atoms with E-state index in [1.54, 1.807) is 0 Å². The first-order chi connectivity index (χ1) is 23.2. The van der Waals surface area contributed by atoms with E-state index in [0.717, 1.165) is 54.5 Å². The lowest BCUT2D eigenvalue weighted by atomic mass is 9.98. The Balaban J connectivity index is 1.15. The molecule has 0 saturated heterocycles. The van der Waals surface area contributed by atoms with E-state index in [1.807, 2.05) is 42.5 Å². The highest BCUT2D eigenvalue weighted by Crippen LogP contribution is 2.53. The van der Waals surface area contributed by atoms with Crippen molar-refractivity contribution < 1.29 is 4.57 Å². The third kappa shape index (κ3) is 3.83. The van der Waals surface area contributed by atoms with Crippen molar-refractivity contribution in [1.29, 1.82) is 0 Å². The van der Waals surface area contributed by atoms with Gasteiger partial charge >= 0.3 is 0 Å². The Morgan fingerprint density at radius 2 is 1.06 bits per heavy atom. The van der Waals surface area contributed by atoms with Gasteiger partial charge in [-0.3, -0.25) is 0 Å². The zero-order chi connectivity index (χ0) is 31.1. The quantitative estimate of drug-likeness (QED) is 0.143. The first kappa shape index (κ1) is 26.5. The average molecular weight is 618 g/mol. The summed E-state index contributed by atoms with van der Waals surface area (Å²) >= 11 is 0. The lowest BCUT2D eigenvalue weighted by Crippen LogP contribution is -2.20. The van der Waals surface area contributed by atoms with Gasteiger partial charge < -0.3 is 9.13 Å². The van der Waals surface area contributed by atoms with Gasteiger partial charge in [-0.25, -0.2) is 0 Å². The van der Waals surface area contributed by atoms with Crippen LogP contribution in [-0.4, -0.2) is 4.57 Å². The third-order valence-electron chi connectivity index (χ3n) is 9.95. The maximum absolute atomic E-state index is 15.2. The molecule has 0 amide bonds. The van der Waals surface area contributed by atoms with Gasteiger partial charge in [-0.1, -0.05) is 121 Å². The molecule has 2 nitrogen and oxygen atoms in total. The number of para-hydroxylation sites is 1. The third-order valence-corrected chi connectivity index (χ3v) is 13.1. The monoisotopic (exact) mass is 617 g/mol.